The van der Waals surface area contributed by atoms with E-state index in [0.29, 0.717) is 91.0 Å². The number of hydrogen-bond acceptors (Lipinski definition) is 11. The lowest BCUT2D eigenvalue weighted by atomic mass is 10.1. The summed E-state index contributed by atoms with van der Waals surface area (Å²) < 4.78 is 16.1. The van der Waals surface area contributed by atoms with Gasteiger partial charge in [-0.3, -0.25) is 28.5 Å². The van der Waals surface area contributed by atoms with Gasteiger partial charge >= 0.3 is 11.9 Å². The highest BCUT2D eigenvalue weighted by Crippen LogP contribution is 2.41. The van der Waals surface area contributed by atoms with E-state index in [-0.39, 0.29) is 24.0 Å². The van der Waals surface area contributed by atoms with Gasteiger partial charge < -0.3 is 27.4 Å². The van der Waals surface area contributed by atoms with Gasteiger partial charge in [0.1, 0.15) is 11.3 Å². The molecule has 0 atom stereocenters. The van der Waals surface area contributed by atoms with E-state index in [2.05, 4.69) is 44.7 Å². The van der Waals surface area contributed by atoms with Crippen LogP contribution in [0.3, 0.4) is 0 Å². The SMILES string of the molecule is COC(=O)CCc1cc(C2CC2)cn2cc(Cn3cc(C(=O)CCc4ncn5ccc(Cl)cc45)cn3)nc12.O=C(O)CCc1cc(C2CC2)cn2cc(Cn3cc(C(=O)CCc4ncn5ccc(Cl)cc45)cn3)nc12. The smallest absolute Gasteiger partial charge is 0.305 e. The molecule has 10 aromatic rings. The fourth-order valence-electron chi connectivity index (χ4n) is 9.56. The Hall–Kier alpha value is -7.96. The third-order valence-electron chi connectivity index (χ3n) is 13.8. The third kappa shape index (κ3) is 11.4. The molecule has 382 valence electrons. The van der Waals surface area contributed by atoms with Crippen molar-refractivity contribution in [1.29, 1.82) is 0 Å². The van der Waals surface area contributed by atoms with Crippen molar-refractivity contribution >= 4 is 69.0 Å². The van der Waals surface area contributed by atoms with Crippen LogP contribution in [0, 0.1) is 0 Å². The second-order valence-electron chi connectivity index (χ2n) is 19.4. The van der Waals surface area contributed by atoms with Gasteiger partial charge in [-0.05, 0) is 110 Å². The first-order chi connectivity index (χ1) is 36.4. The number of ether oxygens (including phenoxy) is 1. The first kappa shape index (κ1) is 49.3. The fraction of sp³-hybridized carbons (Fsp3) is 0.309. The quantitative estimate of drug-likeness (QED) is 0.0561. The van der Waals surface area contributed by atoms with Gasteiger partial charge in [-0.1, -0.05) is 35.3 Å². The zero-order valence-electron chi connectivity index (χ0n) is 41.1. The van der Waals surface area contributed by atoms with Gasteiger partial charge in [0.25, 0.3) is 0 Å². The van der Waals surface area contributed by atoms with Crippen LogP contribution in [0.4, 0.5) is 0 Å². The predicted octanol–water partition coefficient (Wildman–Crippen LogP) is 9.27. The van der Waals surface area contributed by atoms with Crippen LogP contribution in [0.15, 0.2) is 111 Å². The van der Waals surface area contributed by atoms with Gasteiger partial charge in [-0.2, -0.15) is 10.2 Å². The molecule has 1 N–H and O–H groups in total. The lowest BCUT2D eigenvalue weighted by Crippen LogP contribution is -2.04. The van der Waals surface area contributed by atoms with Crippen LogP contribution in [0.25, 0.3) is 22.3 Å². The summed E-state index contributed by atoms with van der Waals surface area (Å²) in [5, 5.41) is 19.2. The van der Waals surface area contributed by atoms with Crippen LogP contribution in [0.5, 0.6) is 0 Å². The van der Waals surface area contributed by atoms with Crippen LogP contribution in [0.2, 0.25) is 10.0 Å². The molecule has 0 spiro atoms. The van der Waals surface area contributed by atoms with Gasteiger partial charge in [0, 0.05) is 85.3 Å². The van der Waals surface area contributed by atoms with Gasteiger partial charge in [0.15, 0.2) is 11.6 Å². The number of carboxylic acid groups (broad SMARTS) is 1. The van der Waals surface area contributed by atoms with Crippen LogP contribution < -0.4 is 0 Å². The number of carbonyl (C=O) groups excluding carboxylic acids is 3. The van der Waals surface area contributed by atoms with Crippen molar-refractivity contribution in [2.24, 2.45) is 0 Å². The Balaban J connectivity index is 0.000000161. The van der Waals surface area contributed by atoms with Crippen molar-refractivity contribution in [2.45, 2.75) is 102 Å². The Labute approximate surface area is 439 Å². The zero-order valence-corrected chi connectivity index (χ0v) is 42.6. The molecule has 10 heterocycles. The number of pyridine rings is 4. The molecule has 18 nitrogen and oxygen atoms in total. The lowest BCUT2D eigenvalue weighted by Gasteiger charge is -2.07. The average molecular weight is 1050 g/mol. The number of hydrogen-bond donors (Lipinski definition) is 1. The number of aliphatic carboxylic acids is 1. The standard InChI is InChI=1S/C28H27ClN6O3.C27H25ClN6O3/c1-38-27(37)7-4-19-10-20(18-2-3-18)13-34-15-23(32-28(19)34)16-35-14-21(12-31-35)26(36)6-5-24-25-11-22(29)8-9-33(25)17-30-24;28-21-7-8-32-16-29-23(24(32)10-21)4-5-25(35)20-11-30-34(13-20)15-22-14-33-12-19(17-1-2-17)9-18(27(33)31-22)3-6-26(36)37/h8-15,17-18H,2-7,16H2,1H3;7-14,16-17H,1-6,15H2,(H,36,37). The molecular weight excluding hydrogens is 996 g/mol. The number of nitrogens with zero attached hydrogens (tertiary/aromatic N) is 12. The molecule has 0 amide bonds. The maximum atomic E-state index is 12.9. The summed E-state index contributed by atoms with van der Waals surface area (Å²) in [4.78, 5) is 67.1. The molecule has 0 aliphatic heterocycles. The van der Waals surface area contributed by atoms with E-state index >= 15 is 0 Å². The fourth-order valence-corrected chi connectivity index (χ4v) is 9.88. The highest BCUT2D eigenvalue weighted by atomic mass is 35.5. The predicted molar refractivity (Wildman–Crippen MR) is 279 cm³/mol. The van der Waals surface area contributed by atoms with E-state index in [0.717, 1.165) is 56.2 Å². The van der Waals surface area contributed by atoms with Crippen molar-refractivity contribution in [2.75, 3.05) is 7.11 Å². The van der Waals surface area contributed by atoms with Crippen molar-refractivity contribution in [3.05, 3.63) is 177 Å². The van der Waals surface area contributed by atoms with Gasteiger partial charge in [0.2, 0.25) is 0 Å². The molecule has 2 fully saturated rings. The Bertz CT molecular complexity index is 3800. The van der Waals surface area contributed by atoms with Crippen molar-refractivity contribution in [3.8, 4) is 0 Å². The number of imidazole rings is 4. The summed E-state index contributed by atoms with van der Waals surface area (Å²) in [5.41, 5.74) is 12.3. The first-order valence-electron chi connectivity index (χ1n) is 25.0. The zero-order chi connectivity index (χ0) is 51.7. The summed E-state index contributed by atoms with van der Waals surface area (Å²) >= 11 is 12.2. The number of methoxy groups -OCH3 is 1. The van der Waals surface area contributed by atoms with E-state index in [1.165, 1.54) is 43.9 Å². The number of carbonyl (C=O) groups is 4. The Kier molecular flexibility index (Phi) is 13.9. The molecule has 75 heavy (non-hydrogen) atoms. The van der Waals surface area contributed by atoms with Crippen molar-refractivity contribution in [1.82, 2.24) is 57.1 Å². The summed E-state index contributed by atoms with van der Waals surface area (Å²) in [7, 11) is 1.41. The minimum absolute atomic E-state index is 0.00513. The number of esters is 1. The lowest BCUT2D eigenvalue weighted by molar-refractivity contribution is -0.140. The van der Waals surface area contributed by atoms with Crippen LogP contribution in [-0.2, 0) is 53.1 Å². The number of fused-ring (bicyclic) bond motifs is 4. The molecule has 0 aromatic carbocycles. The average Bonchev–Trinajstić information content (AvgIpc) is 4.01. The number of carboxylic acids is 1. The molecule has 2 aliphatic rings. The molecule has 12 rings (SSSR count). The number of Topliss-reactive ketones (excluding diaryl/α,β-unsaturated/α-hetero) is 2. The highest BCUT2D eigenvalue weighted by molar-refractivity contribution is 6.31. The van der Waals surface area contributed by atoms with Crippen LogP contribution in [0.1, 0.15) is 129 Å². The monoisotopic (exact) mass is 1050 g/mol. The molecule has 2 aliphatic carbocycles. The number of aromatic nitrogens is 12. The maximum Gasteiger partial charge on any atom is 0.305 e. The Morgan fingerprint density at radius 2 is 1.07 bits per heavy atom. The number of aryl methyl sites for hydroxylation is 4. The van der Waals surface area contributed by atoms with E-state index in [9.17, 15) is 19.2 Å². The van der Waals surface area contributed by atoms with Crippen LogP contribution >= 0.6 is 23.2 Å². The van der Waals surface area contributed by atoms with Gasteiger partial charge in [0.05, 0.1) is 90.2 Å². The topological polar surface area (TPSA) is 203 Å². The third-order valence-corrected chi connectivity index (χ3v) is 14.3. The highest BCUT2D eigenvalue weighted by Gasteiger charge is 2.27. The molecule has 0 radical (unpaired) electrons. The minimum atomic E-state index is -0.819. The Morgan fingerprint density at radius 1 is 0.600 bits per heavy atom. The molecule has 10 aromatic heterocycles. The normalized spacial score (nSPS) is 13.5. The number of rotatable bonds is 20. The summed E-state index contributed by atoms with van der Waals surface area (Å²) in [6, 6.07) is 11.6. The first-order valence-corrected chi connectivity index (χ1v) is 25.8. The summed E-state index contributed by atoms with van der Waals surface area (Å²) in [5.74, 6) is 0.0865. The number of ketones is 2. The molecule has 0 unspecified atom stereocenters. The van der Waals surface area contributed by atoms with Crippen molar-refractivity contribution in [3.63, 3.8) is 0 Å². The maximum absolute atomic E-state index is 12.9. The molecule has 0 saturated heterocycles. The second-order valence-corrected chi connectivity index (χ2v) is 20.3. The molecule has 0 bridgehead atoms. The largest absolute Gasteiger partial charge is 0.481 e. The van der Waals surface area contributed by atoms with Crippen molar-refractivity contribution < 1.29 is 29.0 Å². The molecule has 20 heteroatoms. The van der Waals surface area contributed by atoms with E-state index in [1.54, 1.807) is 58.9 Å². The van der Waals surface area contributed by atoms with E-state index in [1.807, 2.05) is 54.5 Å². The summed E-state index contributed by atoms with van der Waals surface area (Å²) in [6.45, 7) is 0.852. The van der Waals surface area contributed by atoms with E-state index < -0.39 is 5.97 Å². The van der Waals surface area contributed by atoms with Gasteiger partial charge in [-0.15, -0.1) is 0 Å². The summed E-state index contributed by atoms with van der Waals surface area (Å²) in [6.07, 6.45) is 29.8. The number of halogens is 2. The Morgan fingerprint density at radius 3 is 1.51 bits per heavy atom. The minimum Gasteiger partial charge on any atom is -0.481 e. The van der Waals surface area contributed by atoms with Crippen LogP contribution in [-0.4, -0.2) is 92.8 Å². The van der Waals surface area contributed by atoms with E-state index in [4.69, 9.17) is 43.0 Å². The second kappa shape index (κ2) is 21.1. The molecular formula is C55H52Cl2N12O6. The molecule has 2 saturated carbocycles. The van der Waals surface area contributed by atoms with Gasteiger partial charge in [-0.25, -0.2) is 19.9 Å².